The van der Waals surface area contributed by atoms with Crippen LogP contribution in [0.2, 0.25) is 0 Å². The lowest BCUT2D eigenvalue weighted by Gasteiger charge is -2.19. The maximum absolute atomic E-state index is 12.9. The fraction of sp³-hybridized carbons (Fsp3) is 0.261. The highest BCUT2D eigenvalue weighted by Gasteiger charge is 2.33. The van der Waals surface area contributed by atoms with E-state index in [2.05, 4.69) is 12.6 Å². The van der Waals surface area contributed by atoms with Crippen LogP contribution in [0.15, 0.2) is 66.7 Å². The number of thiophene rings is 1. The van der Waals surface area contributed by atoms with Crippen molar-refractivity contribution in [1.29, 1.82) is 0 Å². The molecule has 3 rings (SSSR count). The van der Waals surface area contributed by atoms with Gasteiger partial charge in [-0.3, -0.25) is 0 Å². The van der Waals surface area contributed by atoms with E-state index in [4.69, 9.17) is 9.47 Å². The predicted molar refractivity (Wildman–Crippen MR) is 113 cm³/mol. The zero-order chi connectivity index (χ0) is 21.7. The van der Waals surface area contributed by atoms with Crippen LogP contribution in [0.4, 0.5) is 13.2 Å². The van der Waals surface area contributed by atoms with E-state index in [9.17, 15) is 18.0 Å². The number of rotatable bonds is 8. The first kappa shape index (κ1) is 21.9. The summed E-state index contributed by atoms with van der Waals surface area (Å²) < 4.78 is 50.1. The van der Waals surface area contributed by atoms with Gasteiger partial charge in [-0.1, -0.05) is 36.9 Å². The third-order valence-corrected chi connectivity index (χ3v) is 5.50. The van der Waals surface area contributed by atoms with Gasteiger partial charge in [-0.25, -0.2) is 4.79 Å². The van der Waals surface area contributed by atoms with Crippen LogP contribution in [-0.2, 0) is 9.53 Å². The van der Waals surface area contributed by atoms with E-state index in [0.717, 1.165) is 20.5 Å². The monoisotopic (exact) mass is 434 g/mol. The minimum atomic E-state index is -4.38. The largest absolute Gasteiger partial charge is 0.493 e. The molecule has 158 valence electrons. The van der Waals surface area contributed by atoms with Crippen LogP contribution < -0.4 is 4.74 Å². The number of benzene rings is 2. The van der Waals surface area contributed by atoms with Crippen molar-refractivity contribution in [3.8, 4) is 16.2 Å². The van der Waals surface area contributed by atoms with Crippen LogP contribution in [0.3, 0.4) is 0 Å². The first-order valence-electron chi connectivity index (χ1n) is 9.32. The second-order valence-corrected chi connectivity index (χ2v) is 8.14. The van der Waals surface area contributed by atoms with Gasteiger partial charge in [0.1, 0.15) is 5.75 Å². The summed E-state index contributed by atoms with van der Waals surface area (Å²) in [5, 5.41) is 1.04. The molecule has 1 atom stereocenters. The lowest BCUT2D eigenvalue weighted by atomic mass is 10.1. The summed E-state index contributed by atoms with van der Waals surface area (Å²) in [5.41, 5.74) is 1.24. The first-order chi connectivity index (χ1) is 14.2. The Bertz CT molecular complexity index is 1030. The predicted octanol–water partition coefficient (Wildman–Crippen LogP) is 6.64. The molecule has 30 heavy (non-hydrogen) atoms. The third-order valence-electron chi connectivity index (χ3n) is 4.35. The Hall–Kier alpha value is -2.80. The molecule has 7 heteroatoms. The van der Waals surface area contributed by atoms with Crippen molar-refractivity contribution in [3.05, 3.63) is 66.7 Å². The normalized spacial score (nSPS) is 12.5. The molecule has 0 aliphatic heterocycles. The van der Waals surface area contributed by atoms with E-state index >= 15 is 0 Å². The Morgan fingerprint density at radius 1 is 1.10 bits per heavy atom. The molecular weight excluding hydrogens is 413 g/mol. The standard InChI is InChI=1S/C23H21F3O3S/c1-15(2)22(27)29-14-16(12-23(24,25)26)13-28-19-9-8-18-10-20(30-21(18)11-19)17-6-4-3-5-7-17/h3-11,16H,1,12-14H2,2H3. The van der Waals surface area contributed by atoms with Gasteiger partial charge in [0.25, 0.3) is 0 Å². The van der Waals surface area contributed by atoms with Gasteiger partial charge < -0.3 is 9.47 Å². The molecule has 0 aliphatic rings. The van der Waals surface area contributed by atoms with Gasteiger partial charge in [0.05, 0.1) is 19.6 Å². The van der Waals surface area contributed by atoms with E-state index in [1.54, 1.807) is 17.4 Å². The van der Waals surface area contributed by atoms with Crippen LogP contribution in [0.5, 0.6) is 5.75 Å². The van der Waals surface area contributed by atoms with Gasteiger partial charge in [0.15, 0.2) is 0 Å². The molecule has 0 aliphatic carbocycles. The van der Waals surface area contributed by atoms with Crippen molar-refractivity contribution in [2.24, 2.45) is 5.92 Å². The number of esters is 1. The van der Waals surface area contributed by atoms with Gasteiger partial charge in [0, 0.05) is 21.1 Å². The molecule has 0 saturated carbocycles. The topological polar surface area (TPSA) is 35.5 Å². The molecule has 0 radical (unpaired) electrons. The molecule has 0 amide bonds. The molecule has 3 aromatic rings. The van der Waals surface area contributed by atoms with Crippen molar-refractivity contribution in [3.63, 3.8) is 0 Å². The zero-order valence-corrected chi connectivity index (χ0v) is 17.2. The van der Waals surface area contributed by atoms with Gasteiger partial charge in [0.2, 0.25) is 0 Å². The number of carbonyl (C=O) groups excluding carboxylic acids is 1. The molecule has 3 nitrogen and oxygen atoms in total. The lowest BCUT2D eigenvalue weighted by Crippen LogP contribution is -2.26. The van der Waals surface area contributed by atoms with Crippen molar-refractivity contribution in [1.82, 2.24) is 0 Å². The fourth-order valence-electron chi connectivity index (χ4n) is 2.87. The lowest BCUT2D eigenvalue weighted by molar-refractivity contribution is -0.158. The van der Waals surface area contributed by atoms with Crippen LogP contribution >= 0.6 is 11.3 Å². The van der Waals surface area contributed by atoms with Crippen LogP contribution in [0.1, 0.15) is 13.3 Å². The fourth-order valence-corrected chi connectivity index (χ4v) is 3.97. The Balaban J connectivity index is 1.69. The Kier molecular flexibility index (Phi) is 6.82. The molecule has 0 saturated heterocycles. The highest BCUT2D eigenvalue weighted by atomic mass is 32.1. The van der Waals surface area contributed by atoms with E-state index in [-0.39, 0.29) is 18.8 Å². The van der Waals surface area contributed by atoms with Gasteiger partial charge in [-0.05, 0) is 42.1 Å². The number of halogens is 3. The summed E-state index contributed by atoms with van der Waals surface area (Å²) in [4.78, 5) is 12.6. The molecule has 1 aromatic heterocycles. The smallest absolute Gasteiger partial charge is 0.389 e. The summed E-state index contributed by atoms with van der Waals surface area (Å²) >= 11 is 1.59. The Morgan fingerprint density at radius 2 is 1.83 bits per heavy atom. The highest BCUT2D eigenvalue weighted by Crippen LogP contribution is 2.35. The molecule has 1 heterocycles. The van der Waals surface area contributed by atoms with E-state index in [0.29, 0.717) is 5.75 Å². The summed E-state index contributed by atoms with van der Waals surface area (Å²) in [6, 6.07) is 17.4. The molecule has 0 bridgehead atoms. The minimum absolute atomic E-state index is 0.138. The van der Waals surface area contributed by atoms with Crippen molar-refractivity contribution < 1.29 is 27.4 Å². The maximum Gasteiger partial charge on any atom is 0.389 e. The SMILES string of the molecule is C=C(C)C(=O)OCC(COc1ccc2cc(-c3ccccc3)sc2c1)CC(F)(F)F. The summed E-state index contributed by atoms with van der Waals surface area (Å²) in [6.45, 7) is 4.27. The van der Waals surface area contributed by atoms with Crippen LogP contribution in [-0.4, -0.2) is 25.4 Å². The Labute approximate surface area is 176 Å². The van der Waals surface area contributed by atoms with E-state index < -0.39 is 24.5 Å². The van der Waals surface area contributed by atoms with Crippen molar-refractivity contribution in [2.75, 3.05) is 13.2 Å². The number of alkyl halides is 3. The first-order valence-corrected chi connectivity index (χ1v) is 10.1. The summed E-state index contributed by atoms with van der Waals surface area (Å²) in [6.07, 6.45) is -5.48. The van der Waals surface area contributed by atoms with Crippen molar-refractivity contribution >= 4 is 27.4 Å². The molecular formula is C23H21F3O3S. The minimum Gasteiger partial charge on any atom is -0.493 e. The number of ether oxygens (including phenoxy) is 2. The van der Waals surface area contributed by atoms with Crippen LogP contribution in [0, 0.1) is 5.92 Å². The summed E-state index contributed by atoms with van der Waals surface area (Å²) in [5.74, 6) is -1.25. The average Bonchev–Trinajstić information content (AvgIpc) is 3.12. The summed E-state index contributed by atoms with van der Waals surface area (Å²) in [7, 11) is 0. The highest BCUT2D eigenvalue weighted by molar-refractivity contribution is 7.22. The third kappa shape index (κ3) is 6.10. The second-order valence-electron chi connectivity index (χ2n) is 7.05. The quantitative estimate of drug-likeness (QED) is 0.295. The maximum atomic E-state index is 12.9. The molecule has 1 unspecified atom stereocenters. The number of hydrogen-bond acceptors (Lipinski definition) is 4. The number of fused-ring (bicyclic) bond motifs is 1. The average molecular weight is 434 g/mol. The number of hydrogen-bond donors (Lipinski definition) is 0. The molecule has 0 fully saturated rings. The van der Waals surface area contributed by atoms with Gasteiger partial charge in [-0.2, -0.15) is 13.2 Å². The van der Waals surface area contributed by atoms with Gasteiger partial charge >= 0.3 is 12.1 Å². The molecule has 2 aromatic carbocycles. The molecule has 0 N–H and O–H groups in total. The van der Waals surface area contributed by atoms with Crippen LogP contribution in [0.25, 0.3) is 20.5 Å². The van der Waals surface area contributed by atoms with E-state index in [1.807, 2.05) is 42.5 Å². The van der Waals surface area contributed by atoms with Gasteiger partial charge in [-0.15, -0.1) is 11.3 Å². The van der Waals surface area contributed by atoms with Crippen molar-refractivity contribution in [2.45, 2.75) is 19.5 Å². The number of carbonyl (C=O) groups is 1. The molecule has 0 spiro atoms. The van der Waals surface area contributed by atoms with E-state index in [1.165, 1.54) is 6.92 Å². The Morgan fingerprint density at radius 3 is 2.50 bits per heavy atom. The zero-order valence-electron chi connectivity index (χ0n) is 16.4. The second kappa shape index (κ2) is 9.34.